The van der Waals surface area contributed by atoms with Gasteiger partial charge in [-0.25, -0.2) is 9.97 Å². The molecule has 0 bridgehead atoms. The Balaban J connectivity index is 1.65. The quantitative estimate of drug-likeness (QED) is 0.308. The van der Waals surface area contributed by atoms with Crippen molar-refractivity contribution in [2.24, 2.45) is 5.92 Å². The number of rotatable bonds is 8. The van der Waals surface area contributed by atoms with E-state index >= 15 is 0 Å². The summed E-state index contributed by atoms with van der Waals surface area (Å²) in [7, 11) is 0. The van der Waals surface area contributed by atoms with E-state index in [4.69, 9.17) is 4.98 Å². The number of thiophene rings is 1. The van der Waals surface area contributed by atoms with E-state index in [-0.39, 0.29) is 11.5 Å². The molecule has 3 aromatic heterocycles. The van der Waals surface area contributed by atoms with Crippen molar-refractivity contribution in [1.29, 1.82) is 0 Å². The van der Waals surface area contributed by atoms with Crippen molar-refractivity contribution in [3.63, 3.8) is 0 Å². The van der Waals surface area contributed by atoms with Gasteiger partial charge in [-0.2, -0.15) is 0 Å². The summed E-state index contributed by atoms with van der Waals surface area (Å²) in [5.74, 6) is 1.13. The third kappa shape index (κ3) is 4.79. The number of hydrogen-bond acceptors (Lipinski definition) is 7. The second-order valence-electron chi connectivity index (χ2n) is 8.60. The van der Waals surface area contributed by atoms with Gasteiger partial charge in [0.1, 0.15) is 4.83 Å². The first-order valence-corrected chi connectivity index (χ1v) is 14.0. The van der Waals surface area contributed by atoms with Crippen LogP contribution in [-0.2, 0) is 29.9 Å². The Kier molecular flexibility index (Phi) is 7.37. The van der Waals surface area contributed by atoms with E-state index in [1.165, 1.54) is 28.2 Å². The zero-order chi connectivity index (χ0) is 22.8. The van der Waals surface area contributed by atoms with E-state index in [1.54, 1.807) is 34.9 Å². The van der Waals surface area contributed by atoms with Crippen molar-refractivity contribution < 1.29 is 4.79 Å². The molecular formula is C23H30N4O2S3. The molecule has 4 rings (SSSR count). The van der Waals surface area contributed by atoms with Gasteiger partial charge in [0.25, 0.3) is 5.56 Å². The van der Waals surface area contributed by atoms with Crippen LogP contribution < -0.4 is 10.5 Å². The first-order chi connectivity index (χ1) is 15.4. The van der Waals surface area contributed by atoms with Crippen molar-refractivity contribution in [3.05, 3.63) is 31.9 Å². The summed E-state index contributed by atoms with van der Waals surface area (Å²) in [6, 6.07) is 0. The number of carbonyl (C=O) groups is 1. The molecule has 0 radical (unpaired) electrons. The second-order valence-corrected chi connectivity index (χ2v) is 11.5. The van der Waals surface area contributed by atoms with Crippen LogP contribution in [0.1, 0.15) is 63.1 Å². The zero-order valence-corrected chi connectivity index (χ0v) is 21.6. The molecule has 0 saturated carbocycles. The molecule has 32 heavy (non-hydrogen) atoms. The molecule has 1 aliphatic carbocycles. The highest BCUT2D eigenvalue weighted by atomic mass is 32.2. The maximum atomic E-state index is 13.6. The van der Waals surface area contributed by atoms with Crippen molar-refractivity contribution in [2.45, 2.75) is 77.3 Å². The maximum absolute atomic E-state index is 13.6. The Labute approximate surface area is 201 Å². The van der Waals surface area contributed by atoms with Crippen LogP contribution in [0.5, 0.6) is 0 Å². The first-order valence-electron chi connectivity index (χ1n) is 11.3. The van der Waals surface area contributed by atoms with E-state index in [2.05, 4.69) is 18.8 Å². The monoisotopic (exact) mass is 490 g/mol. The first kappa shape index (κ1) is 23.4. The predicted octanol–water partition coefficient (Wildman–Crippen LogP) is 5.50. The Morgan fingerprint density at radius 2 is 2.06 bits per heavy atom. The number of thiazole rings is 1. The molecule has 0 saturated heterocycles. The lowest BCUT2D eigenvalue weighted by molar-refractivity contribution is -0.116. The molecular weight excluding hydrogens is 460 g/mol. The lowest BCUT2D eigenvalue weighted by Gasteiger charge is -2.15. The van der Waals surface area contributed by atoms with E-state index in [9.17, 15) is 9.59 Å². The number of nitrogens with zero attached hydrogens (tertiary/aromatic N) is 4. The van der Waals surface area contributed by atoms with Gasteiger partial charge >= 0.3 is 0 Å². The molecule has 3 heterocycles. The molecule has 0 atom stereocenters. The summed E-state index contributed by atoms with van der Waals surface area (Å²) in [6.45, 7) is 9.16. The largest absolute Gasteiger partial charge is 0.289 e. The second kappa shape index (κ2) is 10.1. The van der Waals surface area contributed by atoms with Crippen LogP contribution in [0.2, 0.25) is 0 Å². The molecule has 1 amide bonds. The van der Waals surface area contributed by atoms with Crippen molar-refractivity contribution in [2.75, 3.05) is 11.4 Å². The average molecular weight is 491 g/mol. The van der Waals surface area contributed by atoms with Gasteiger partial charge in [0.2, 0.25) is 5.91 Å². The summed E-state index contributed by atoms with van der Waals surface area (Å²) >= 11 is 4.75. The smallest absolute Gasteiger partial charge is 0.263 e. The van der Waals surface area contributed by atoms with Gasteiger partial charge in [-0.05, 0) is 50.5 Å². The van der Waals surface area contributed by atoms with Crippen LogP contribution in [-0.4, -0.2) is 27.0 Å². The van der Waals surface area contributed by atoms with Gasteiger partial charge in [-0.3, -0.25) is 19.1 Å². The molecule has 0 aromatic carbocycles. The number of aromatic nitrogens is 3. The Morgan fingerprint density at radius 3 is 2.78 bits per heavy atom. The van der Waals surface area contributed by atoms with Crippen LogP contribution in [0.3, 0.4) is 0 Å². The number of anilines is 1. The standard InChI is InChI=1S/C23H30N4O2S3/c1-5-26(15(4)28)22-24-16(12-30-22)13-31-23-25-20-19(17-8-6-7-9-18(17)32-20)21(29)27(23)11-10-14(2)3/h12,14H,5-11,13H2,1-4H3. The molecule has 6 nitrogen and oxygen atoms in total. The Morgan fingerprint density at radius 1 is 1.28 bits per heavy atom. The van der Waals surface area contributed by atoms with Crippen LogP contribution >= 0.6 is 34.4 Å². The topological polar surface area (TPSA) is 68.1 Å². The average Bonchev–Trinajstić information content (AvgIpc) is 3.36. The van der Waals surface area contributed by atoms with Gasteiger partial charge in [0.05, 0.1) is 11.1 Å². The number of carbonyl (C=O) groups excluding carboxylic acids is 1. The van der Waals surface area contributed by atoms with E-state index < -0.39 is 0 Å². The predicted molar refractivity (Wildman–Crippen MR) is 135 cm³/mol. The van der Waals surface area contributed by atoms with Crippen molar-refractivity contribution in [1.82, 2.24) is 14.5 Å². The summed E-state index contributed by atoms with van der Waals surface area (Å²) in [5, 5.41) is 4.35. The summed E-state index contributed by atoms with van der Waals surface area (Å²) in [6.07, 6.45) is 5.36. The van der Waals surface area contributed by atoms with Crippen LogP contribution in [0.4, 0.5) is 5.13 Å². The van der Waals surface area contributed by atoms with Gasteiger partial charge in [-0.15, -0.1) is 22.7 Å². The van der Waals surface area contributed by atoms with Crippen molar-refractivity contribution >= 4 is 55.7 Å². The van der Waals surface area contributed by atoms with Gasteiger partial charge in [0, 0.05) is 36.0 Å². The number of fused-ring (bicyclic) bond motifs is 3. The van der Waals surface area contributed by atoms with E-state index in [0.717, 1.165) is 51.9 Å². The third-order valence-corrected chi connectivity index (χ3v) is 8.89. The fourth-order valence-corrected chi connectivity index (χ4v) is 7.29. The zero-order valence-electron chi connectivity index (χ0n) is 19.1. The number of hydrogen-bond donors (Lipinski definition) is 0. The highest BCUT2D eigenvalue weighted by molar-refractivity contribution is 7.98. The molecule has 172 valence electrons. The molecule has 9 heteroatoms. The molecule has 1 aliphatic rings. The minimum atomic E-state index is -0.00245. The molecule has 0 N–H and O–H groups in total. The van der Waals surface area contributed by atoms with Crippen molar-refractivity contribution in [3.8, 4) is 0 Å². The maximum Gasteiger partial charge on any atom is 0.263 e. The van der Waals surface area contributed by atoms with Crippen LogP contribution in [0.15, 0.2) is 15.3 Å². The fourth-order valence-electron chi connectivity index (χ4n) is 4.03. The third-order valence-electron chi connectivity index (χ3n) is 5.79. The molecule has 0 unspecified atom stereocenters. The van der Waals surface area contributed by atoms with Crippen LogP contribution in [0, 0.1) is 5.92 Å². The number of aryl methyl sites for hydroxylation is 2. The summed E-state index contributed by atoms with van der Waals surface area (Å²) < 4.78 is 1.88. The minimum Gasteiger partial charge on any atom is -0.289 e. The number of thioether (sulfide) groups is 1. The Hall–Kier alpha value is -1.71. The molecule has 0 aliphatic heterocycles. The SMILES string of the molecule is CCN(C(C)=O)c1nc(CSc2nc3sc4c(c3c(=O)n2CCC(C)C)CCCC4)cs1. The minimum absolute atomic E-state index is 0.00245. The van der Waals surface area contributed by atoms with E-state index in [1.807, 2.05) is 16.9 Å². The summed E-state index contributed by atoms with van der Waals surface area (Å²) in [4.78, 5) is 38.9. The normalized spacial score (nSPS) is 13.7. The highest BCUT2D eigenvalue weighted by Crippen LogP contribution is 2.35. The van der Waals surface area contributed by atoms with E-state index in [0.29, 0.717) is 24.8 Å². The fraction of sp³-hybridized carbons (Fsp3) is 0.565. The Bertz CT molecular complexity index is 1180. The lowest BCUT2D eigenvalue weighted by Crippen LogP contribution is -2.27. The van der Waals surface area contributed by atoms with Gasteiger partial charge in [0.15, 0.2) is 10.3 Å². The summed E-state index contributed by atoms with van der Waals surface area (Å²) in [5.41, 5.74) is 2.27. The highest BCUT2D eigenvalue weighted by Gasteiger charge is 2.22. The van der Waals surface area contributed by atoms with Crippen LogP contribution in [0.25, 0.3) is 10.2 Å². The molecule has 0 spiro atoms. The lowest BCUT2D eigenvalue weighted by atomic mass is 9.97. The van der Waals surface area contributed by atoms with Gasteiger partial charge in [-0.1, -0.05) is 25.6 Å². The van der Waals surface area contributed by atoms with Gasteiger partial charge < -0.3 is 0 Å². The number of amides is 1. The molecule has 3 aromatic rings. The molecule has 0 fully saturated rings.